The van der Waals surface area contributed by atoms with Crippen LogP contribution in [0.25, 0.3) is 0 Å². The molecule has 1 N–H and O–H groups in total. The molecule has 0 radical (unpaired) electrons. The maximum atomic E-state index is 12.7. The SMILES string of the molecule is CC(C)c1ccc([C@](O)(c2cncc(N3CC(C)(C)CC3=O)c2)C2(C)CN(C)C2)cc1. The number of hydrogen-bond acceptors (Lipinski definition) is 4. The molecule has 2 aliphatic rings. The first-order chi connectivity index (χ1) is 14.4. The number of pyridine rings is 1. The van der Waals surface area contributed by atoms with Crippen molar-refractivity contribution in [3.8, 4) is 0 Å². The van der Waals surface area contributed by atoms with Crippen LogP contribution < -0.4 is 4.90 Å². The van der Waals surface area contributed by atoms with Gasteiger partial charge >= 0.3 is 0 Å². The molecule has 5 heteroatoms. The summed E-state index contributed by atoms with van der Waals surface area (Å²) >= 11 is 0. The highest BCUT2D eigenvalue weighted by molar-refractivity contribution is 5.96. The summed E-state index contributed by atoms with van der Waals surface area (Å²) in [6.07, 6.45) is 4.02. The number of amides is 1. The highest BCUT2D eigenvalue weighted by Gasteiger charge is 2.55. The number of carbonyl (C=O) groups is 1. The fraction of sp³-hybridized carbons (Fsp3) is 0.538. The minimum atomic E-state index is -1.20. The van der Waals surface area contributed by atoms with Crippen LogP contribution >= 0.6 is 0 Å². The zero-order valence-electron chi connectivity index (χ0n) is 19.6. The van der Waals surface area contributed by atoms with Crippen molar-refractivity contribution in [3.05, 3.63) is 59.4 Å². The zero-order valence-corrected chi connectivity index (χ0v) is 19.6. The topological polar surface area (TPSA) is 56.7 Å². The molecule has 0 aliphatic carbocycles. The van der Waals surface area contributed by atoms with E-state index in [2.05, 4.69) is 75.8 Å². The van der Waals surface area contributed by atoms with Crippen LogP contribution in [0.4, 0.5) is 5.69 Å². The molecule has 3 heterocycles. The standard InChI is InChI=1S/C26H35N3O2/c1-18(2)19-7-9-20(10-8-19)26(31,25(5)16-28(6)17-25)21-11-22(14-27-13-21)29-15-24(3,4)12-23(29)30/h7-11,13-14,18,31H,12,15-17H2,1-6H3/t26-/m0/s1. The molecule has 1 atom stereocenters. The van der Waals surface area contributed by atoms with Gasteiger partial charge in [0.15, 0.2) is 0 Å². The molecule has 0 unspecified atom stereocenters. The molecular formula is C26H35N3O2. The Hall–Kier alpha value is -2.24. The molecule has 0 saturated carbocycles. The first-order valence-electron chi connectivity index (χ1n) is 11.2. The lowest BCUT2D eigenvalue weighted by Crippen LogP contribution is -2.63. The summed E-state index contributed by atoms with van der Waals surface area (Å²) in [5, 5.41) is 12.3. The molecular weight excluding hydrogens is 386 g/mol. The van der Waals surface area contributed by atoms with Gasteiger partial charge in [-0.15, -0.1) is 0 Å². The monoisotopic (exact) mass is 421 g/mol. The summed E-state index contributed by atoms with van der Waals surface area (Å²) < 4.78 is 0. The lowest BCUT2D eigenvalue weighted by molar-refractivity contribution is -0.127. The van der Waals surface area contributed by atoms with Crippen LogP contribution in [0.15, 0.2) is 42.7 Å². The van der Waals surface area contributed by atoms with Crippen molar-refractivity contribution in [2.75, 3.05) is 31.6 Å². The first-order valence-corrected chi connectivity index (χ1v) is 11.2. The fourth-order valence-corrected chi connectivity index (χ4v) is 5.43. The molecule has 1 aromatic carbocycles. The van der Waals surface area contributed by atoms with Crippen molar-refractivity contribution in [1.82, 2.24) is 9.88 Å². The number of aromatic nitrogens is 1. The number of nitrogens with zero attached hydrogens (tertiary/aromatic N) is 3. The van der Waals surface area contributed by atoms with E-state index in [1.165, 1.54) is 5.56 Å². The van der Waals surface area contributed by atoms with Crippen molar-refractivity contribution in [2.45, 2.75) is 52.6 Å². The smallest absolute Gasteiger partial charge is 0.227 e. The van der Waals surface area contributed by atoms with Crippen molar-refractivity contribution in [1.29, 1.82) is 0 Å². The predicted octanol–water partition coefficient (Wildman–Crippen LogP) is 4.16. The van der Waals surface area contributed by atoms with Gasteiger partial charge in [-0.25, -0.2) is 0 Å². The van der Waals surface area contributed by atoms with Gasteiger partial charge in [0.25, 0.3) is 0 Å². The van der Waals surface area contributed by atoms with E-state index in [0.29, 0.717) is 18.9 Å². The summed E-state index contributed by atoms with van der Waals surface area (Å²) in [6, 6.07) is 10.3. The van der Waals surface area contributed by atoms with Gasteiger partial charge in [-0.1, -0.05) is 58.9 Å². The predicted molar refractivity (Wildman–Crippen MR) is 124 cm³/mol. The normalized spacial score (nSPS) is 22.5. The maximum absolute atomic E-state index is 12.7. The number of likely N-dealkylation sites (tertiary alicyclic amines) is 1. The fourth-order valence-electron chi connectivity index (χ4n) is 5.43. The van der Waals surface area contributed by atoms with Crippen LogP contribution in [0, 0.1) is 10.8 Å². The molecule has 0 spiro atoms. The quantitative estimate of drug-likeness (QED) is 0.788. The van der Waals surface area contributed by atoms with Crippen LogP contribution in [0.5, 0.6) is 0 Å². The Morgan fingerprint density at radius 2 is 1.68 bits per heavy atom. The average molecular weight is 422 g/mol. The molecule has 1 amide bonds. The van der Waals surface area contributed by atoms with Gasteiger partial charge in [0.1, 0.15) is 5.60 Å². The molecule has 166 valence electrons. The highest BCUT2D eigenvalue weighted by Crippen LogP contribution is 2.50. The number of hydrogen-bond donors (Lipinski definition) is 1. The second-order valence-corrected chi connectivity index (χ2v) is 11.0. The average Bonchev–Trinajstić information content (AvgIpc) is 2.98. The molecule has 4 rings (SSSR count). The van der Waals surface area contributed by atoms with Gasteiger partial charge < -0.3 is 14.9 Å². The van der Waals surface area contributed by atoms with E-state index in [-0.39, 0.29) is 16.7 Å². The minimum Gasteiger partial charge on any atom is -0.380 e. The number of rotatable bonds is 5. The molecule has 2 aromatic rings. The Bertz CT molecular complexity index is 976. The lowest BCUT2D eigenvalue weighted by atomic mass is 9.62. The van der Waals surface area contributed by atoms with E-state index < -0.39 is 5.60 Å². The van der Waals surface area contributed by atoms with Crippen molar-refractivity contribution < 1.29 is 9.90 Å². The maximum Gasteiger partial charge on any atom is 0.227 e. The second kappa shape index (κ2) is 7.42. The molecule has 2 aliphatic heterocycles. The Kier molecular flexibility index (Phi) is 5.26. The van der Waals surface area contributed by atoms with E-state index >= 15 is 0 Å². The number of aliphatic hydroxyl groups is 1. The van der Waals surface area contributed by atoms with Crippen LogP contribution in [0.1, 0.15) is 63.6 Å². The van der Waals surface area contributed by atoms with E-state index in [1.807, 2.05) is 11.0 Å². The zero-order chi connectivity index (χ0) is 22.6. The summed E-state index contributed by atoms with van der Waals surface area (Å²) in [7, 11) is 2.07. The Balaban J connectivity index is 1.79. The van der Waals surface area contributed by atoms with Gasteiger partial charge in [-0.3, -0.25) is 9.78 Å². The number of carbonyl (C=O) groups excluding carboxylic acids is 1. The lowest BCUT2D eigenvalue weighted by Gasteiger charge is -2.56. The summed E-state index contributed by atoms with van der Waals surface area (Å²) in [6.45, 7) is 12.9. The molecule has 5 nitrogen and oxygen atoms in total. The van der Waals surface area contributed by atoms with E-state index in [9.17, 15) is 9.90 Å². The van der Waals surface area contributed by atoms with Gasteiger partial charge in [-0.05, 0) is 35.6 Å². The van der Waals surface area contributed by atoms with Gasteiger partial charge in [0.2, 0.25) is 5.91 Å². The van der Waals surface area contributed by atoms with E-state index in [1.54, 1.807) is 12.4 Å². The molecule has 1 aromatic heterocycles. The highest BCUT2D eigenvalue weighted by atomic mass is 16.3. The minimum absolute atomic E-state index is 0.0568. The Morgan fingerprint density at radius 3 is 2.19 bits per heavy atom. The third-order valence-electron chi connectivity index (χ3n) is 7.08. The van der Waals surface area contributed by atoms with Crippen molar-refractivity contribution in [3.63, 3.8) is 0 Å². The van der Waals surface area contributed by atoms with Gasteiger partial charge in [0, 0.05) is 43.2 Å². The van der Waals surface area contributed by atoms with Gasteiger partial charge in [0.05, 0.1) is 11.9 Å². The second-order valence-electron chi connectivity index (χ2n) is 11.0. The van der Waals surface area contributed by atoms with Crippen LogP contribution in [0.2, 0.25) is 0 Å². The van der Waals surface area contributed by atoms with E-state index in [0.717, 1.165) is 29.9 Å². The molecule has 2 fully saturated rings. The van der Waals surface area contributed by atoms with Crippen molar-refractivity contribution >= 4 is 11.6 Å². The van der Waals surface area contributed by atoms with E-state index in [4.69, 9.17) is 0 Å². The molecule has 31 heavy (non-hydrogen) atoms. The third-order valence-corrected chi connectivity index (χ3v) is 7.08. The Labute approximate surface area is 186 Å². The van der Waals surface area contributed by atoms with Crippen LogP contribution in [-0.4, -0.2) is 47.6 Å². The molecule has 2 saturated heterocycles. The summed E-state index contributed by atoms with van der Waals surface area (Å²) in [5.74, 6) is 0.547. The summed E-state index contributed by atoms with van der Waals surface area (Å²) in [4.78, 5) is 21.2. The van der Waals surface area contributed by atoms with Gasteiger partial charge in [-0.2, -0.15) is 0 Å². The van der Waals surface area contributed by atoms with Crippen molar-refractivity contribution in [2.24, 2.45) is 10.8 Å². The van der Waals surface area contributed by atoms with Crippen LogP contribution in [-0.2, 0) is 10.4 Å². The summed E-state index contributed by atoms with van der Waals surface area (Å²) in [5.41, 5.74) is 2.03. The van der Waals surface area contributed by atoms with Crippen LogP contribution in [0.3, 0.4) is 0 Å². The third kappa shape index (κ3) is 3.68. The Morgan fingerprint density at radius 1 is 1.03 bits per heavy atom. The largest absolute Gasteiger partial charge is 0.380 e. The number of benzene rings is 1. The number of anilines is 1. The molecule has 0 bridgehead atoms. The first kappa shape index (κ1) is 22.0.